The first-order valence-corrected chi connectivity index (χ1v) is 16.0. The van der Waals surface area contributed by atoms with Crippen molar-refractivity contribution in [3.8, 4) is 11.4 Å². The van der Waals surface area contributed by atoms with Crippen molar-refractivity contribution in [3.63, 3.8) is 0 Å². The SMILES string of the molecule is Cl.NC(=O)c1ncn2c(C(=O)O)cc(C(=O)N[C@H]3CCc4cc(-c5noc(=O)[nH]5)ccc43)nc12.NCc1ccc2c(c1)CN(c1c(N)c(=O)c1=O)CC2. The van der Waals surface area contributed by atoms with E-state index in [1.54, 1.807) is 6.07 Å². The zero-order valence-corrected chi connectivity index (χ0v) is 28.4. The van der Waals surface area contributed by atoms with Crippen LogP contribution in [0.25, 0.3) is 17.0 Å². The average Bonchev–Trinajstić information content (AvgIpc) is 3.89. The fourth-order valence-electron chi connectivity index (χ4n) is 6.57. The molecule has 3 aromatic heterocycles. The number of carbonyl (C=O) groups is 3. The Balaban J connectivity index is 0.000000204. The lowest BCUT2D eigenvalue weighted by Gasteiger charge is -2.31. The number of carbonyl (C=O) groups excluding carboxylic acids is 2. The second-order valence-electron chi connectivity index (χ2n) is 12.3. The van der Waals surface area contributed by atoms with Crippen LogP contribution in [0.15, 0.2) is 67.7 Å². The summed E-state index contributed by atoms with van der Waals surface area (Å²) < 4.78 is 5.62. The smallest absolute Gasteiger partial charge is 0.439 e. The number of aryl methyl sites for hydroxylation is 1. The molecule has 1 aliphatic carbocycles. The molecule has 19 heteroatoms. The number of rotatable bonds is 7. The Hall–Kier alpha value is -6.66. The third-order valence-electron chi connectivity index (χ3n) is 9.18. The molecule has 2 aliphatic rings. The number of aromatic carboxylic acids is 1. The van der Waals surface area contributed by atoms with E-state index in [1.165, 1.54) is 5.56 Å². The van der Waals surface area contributed by atoms with E-state index in [2.05, 4.69) is 42.1 Å². The number of carboxylic acids is 1. The normalized spacial score (nSPS) is 14.5. The second-order valence-corrected chi connectivity index (χ2v) is 12.3. The third kappa shape index (κ3) is 6.63. The number of halogens is 1. The van der Waals surface area contributed by atoms with Gasteiger partial charge >= 0.3 is 11.7 Å². The quantitative estimate of drug-likeness (QED) is 0.122. The maximum Gasteiger partial charge on any atom is 0.439 e. The number of H-pyrrole nitrogens is 1. The third-order valence-corrected chi connectivity index (χ3v) is 9.18. The summed E-state index contributed by atoms with van der Waals surface area (Å²) in [7, 11) is 0. The maximum absolute atomic E-state index is 12.9. The zero-order valence-electron chi connectivity index (χ0n) is 27.6. The molecule has 0 fully saturated rings. The van der Waals surface area contributed by atoms with Gasteiger partial charge in [0.05, 0.1) is 6.04 Å². The van der Waals surface area contributed by atoms with Crippen molar-refractivity contribution in [1.82, 2.24) is 29.8 Å². The topological polar surface area (TPSA) is 288 Å². The molecule has 3 aromatic carbocycles. The summed E-state index contributed by atoms with van der Waals surface area (Å²) in [4.78, 5) is 82.5. The molecule has 0 unspecified atom stereocenters. The number of hydrogen-bond acceptors (Lipinski definition) is 13. The number of nitrogen functional groups attached to an aromatic ring is 1. The highest BCUT2D eigenvalue weighted by Gasteiger charge is 2.28. The highest BCUT2D eigenvalue weighted by atomic mass is 35.5. The molecule has 8 rings (SSSR count). The van der Waals surface area contributed by atoms with Crippen LogP contribution in [0.4, 0.5) is 11.4 Å². The largest absolute Gasteiger partial charge is 0.477 e. The number of benzene rings is 2. The van der Waals surface area contributed by atoms with Gasteiger partial charge in [-0.05, 0) is 53.1 Å². The highest BCUT2D eigenvalue weighted by Crippen LogP contribution is 2.34. The highest BCUT2D eigenvalue weighted by molar-refractivity contribution is 6.00. The van der Waals surface area contributed by atoms with Crippen molar-refractivity contribution in [2.75, 3.05) is 17.2 Å². The molecular formula is C34H31ClN10O8. The molecule has 0 radical (unpaired) electrons. The standard InChI is InChI=1S/C20H15N7O6.C14H15N3O2.ClH/c21-15(28)14-17-23-12(6-13(19(30)31)27(17)7-22-14)18(29)24-11-4-2-8-5-9(1-3-10(8)11)16-25-20(32)33-26-16;15-6-8-1-2-9-3-4-17(7-10(9)5-8)12-11(16)13(18)14(12)19;/h1,3,5-7,11H,2,4H2,(H2,21,28)(H,24,29)(H,30,31)(H,25,26,32);1-2,5H,3-4,6-7,15-16H2;1H/t11-;;/m0../s1. The van der Waals surface area contributed by atoms with Crippen LogP contribution in [-0.4, -0.2) is 53.9 Å². The number of primary amides is 1. The monoisotopic (exact) mass is 742 g/mol. The minimum absolute atomic E-state index is 0. The van der Waals surface area contributed by atoms with E-state index in [1.807, 2.05) is 23.1 Å². The molecule has 272 valence electrons. The van der Waals surface area contributed by atoms with Crippen LogP contribution < -0.4 is 44.0 Å². The zero-order chi connectivity index (χ0) is 36.8. The Morgan fingerprint density at radius 3 is 2.49 bits per heavy atom. The van der Waals surface area contributed by atoms with Gasteiger partial charge in [-0.1, -0.05) is 35.5 Å². The Morgan fingerprint density at radius 2 is 1.81 bits per heavy atom. The molecule has 0 saturated heterocycles. The molecule has 53 heavy (non-hydrogen) atoms. The number of imidazole rings is 1. The number of fused-ring (bicyclic) bond motifs is 3. The van der Waals surface area contributed by atoms with Crippen LogP contribution in [0, 0.1) is 0 Å². The Morgan fingerprint density at radius 1 is 1.02 bits per heavy atom. The Labute approximate surface area is 303 Å². The van der Waals surface area contributed by atoms with E-state index in [0.29, 0.717) is 49.6 Å². The molecule has 6 aromatic rings. The number of nitrogens with zero attached hydrogens (tertiary/aromatic N) is 5. The number of amides is 2. The maximum atomic E-state index is 12.9. The molecule has 4 heterocycles. The lowest BCUT2D eigenvalue weighted by molar-refractivity contribution is 0.0688. The molecule has 0 spiro atoms. The van der Waals surface area contributed by atoms with Crippen LogP contribution in [0.2, 0.25) is 0 Å². The molecule has 0 saturated carbocycles. The van der Waals surface area contributed by atoms with Gasteiger partial charge in [-0.2, -0.15) is 0 Å². The van der Waals surface area contributed by atoms with Crippen LogP contribution in [0.3, 0.4) is 0 Å². The first-order valence-electron chi connectivity index (χ1n) is 16.0. The average molecular weight is 743 g/mol. The second kappa shape index (κ2) is 14.2. The lowest BCUT2D eigenvalue weighted by Crippen LogP contribution is -2.44. The van der Waals surface area contributed by atoms with Gasteiger partial charge in [0.1, 0.15) is 29.1 Å². The fraction of sp³-hybridized carbons (Fsp3) is 0.206. The van der Waals surface area contributed by atoms with Gasteiger partial charge in [0.2, 0.25) is 0 Å². The number of anilines is 2. The lowest BCUT2D eigenvalue weighted by atomic mass is 9.96. The number of carboxylic acid groups (broad SMARTS) is 1. The summed E-state index contributed by atoms with van der Waals surface area (Å²) in [5, 5.41) is 16.0. The van der Waals surface area contributed by atoms with E-state index < -0.39 is 34.4 Å². The predicted octanol–water partition coefficient (Wildman–Crippen LogP) is 0.595. The summed E-state index contributed by atoms with van der Waals surface area (Å²) in [6.45, 7) is 1.82. The van der Waals surface area contributed by atoms with Crippen molar-refractivity contribution in [2.45, 2.75) is 38.4 Å². The van der Waals surface area contributed by atoms with Crippen molar-refractivity contribution in [3.05, 3.63) is 125 Å². The Kier molecular flexibility index (Phi) is 9.66. The van der Waals surface area contributed by atoms with Crippen LogP contribution in [-0.2, 0) is 25.9 Å². The minimum atomic E-state index is -1.32. The first-order chi connectivity index (χ1) is 24.9. The number of nitrogens with one attached hydrogen (secondary N) is 2. The van der Waals surface area contributed by atoms with Crippen molar-refractivity contribution in [2.24, 2.45) is 11.5 Å². The van der Waals surface area contributed by atoms with E-state index in [4.69, 9.17) is 17.2 Å². The van der Waals surface area contributed by atoms with Gasteiger partial charge in [-0.15, -0.1) is 12.4 Å². The number of nitrogens with two attached hydrogens (primary N) is 3. The van der Waals surface area contributed by atoms with Crippen LogP contribution in [0.1, 0.15) is 71.7 Å². The van der Waals surface area contributed by atoms with Gasteiger partial charge in [0, 0.05) is 31.3 Å². The minimum Gasteiger partial charge on any atom is -0.477 e. The van der Waals surface area contributed by atoms with E-state index in [0.717, 1.165) is 45.5 Å². The summed E-state index contributed by atoms with van der Waals surface area (Å²) in [6.07, 6.45) is 3.23. The van der Waals surface area contributed by atoms with Crippen molar-refractivity contribution < 1.29 is 24.0 Å². The van der Waals surface area contributed by atoms with Gasteiger partial charge in [0.25, 0.3) is 22.7 Å². The molecule has 2 amide bonds. The van der Waals surface area contributed by atoms with Crippen LogP contribution >= 0.6 is 12.4 Å². The molecule has 18 nitrogen and oxygen atoms in total. The first kappa shape index (κ1) is 36.1. The van der Waals surface area contributed by atoms with E-state index >= 15 is 0 Å². The van der Waals surface area contributed by atoms with Gasteiger partial charge in [0.15, 0.2) is 17.2 Å². The van der Waals surface area contributed by atoms with Gasteiger partial charge in [-0.3, -0.25) is 33.1 Å². The molecule has 1 atom stereocenters. The number of aromatic nitrogens is 5. The van der Waals surface area contributed by atoms with Crippen molar-refractivity contribution >= 4 is 47.2 Å². The fourth-order valence-corrected chi connectivity index (χ4v) is 6.57. The summed E-state index contributed by atoms with van der Waals surface area (Å²) in [5.41, 5.74) is 21.2. The van der Waals surface area contributed by atoms with Crippen molar-refractivity contribution in [1.29, 1.82) is 0 Å². The van der Waals surface area contributed by atoms with Crippen LogP contribution in [0.5, 0.6) is 0 Å². The molecule has 1 aliphatic heterocycles. The van der Waals surface area contributed by atoms with E-state index in [-0.39, 0.29) is 46.9 Å². The van der Waals surface area contributed by atoms with Gasteiger partial charge < -0.3 is 32.5 Å². The molecular weight excluding hydrogens is 712 g/mol. The molecule has 0 bridgehead atoms. The molecule has 9 N–H and O–H groups in total. The Bertz CT molecular complexity index is 2570. The summed E-state index contributed by atoms with van der Waals surface area (Å²) >= 11 is 0. The van der Waals surface area contributed by atoms with E-state index in [9.17, 15) is 33.9 Å². The summed E-state index contributed by atoms with van der Waals surface area (Å²) in [5.74, 6) is -3.18. The van der Waals surface area contributed by atoms with Gasteiger partial charge in [-0.25, -0.2) is 19.6 Å². The predicted molar refractivity (Wildman–Crippen MR) is 192 cm³/mol. The number of aromatic amines is 1. The number of hydrogen-bond donors (Lipinski definition) is 6. The summed E-state index contributed by atoms with van der Waals surface area (Å²) in [6, 6.07) is 12.4.